The predicted octanol–water partition coefficient (Wildman–Crippen LogP) is 1.49. The minimum absolute atomic E-state index is 0.0342. The smallest absolute Gasteiger partial charge is 0.256 e. The van der Waals surface area contributed by atoms with Crippen LogP contribution in [0.1, 0.15) is 24.2 Å². The van der Waals surface area contributed by atoms with Gasteiger partial charge in [-0.15, -0.1) is 0 Å². The molecular formula is C17H23F2N3O2. The summed E-state index contributed by atoms with van der Waals surface area (Å²) in [4.78, 5) is 27.6. The molecule has 1 N–H and O–H groups in total. The summed E-state index contributed by atoms with van der Waals surface area (Å²) < 4.78 is 26.6. The number of hydrogen-bond donors (Lipinski definition) is 1. The molecule has 0 spiro atoms. The van der Waals surface area contributed by atoms with Crippen molar-refractivity contribution in [2.75, 3.05) is 39.3 Å². The molecule has 5 nitrogen and oxygen atoms in total. The summed E-state index contributed by atoms with van der Waals surface area (Å²) in [6, 6.07) is 2.95. The molecular weight excluding hydrogens is 316 g/mol. The Bertz CT molecular complexity index is 599. The number of hydrogen-bond acceptors (Lipinski definition) is 3. The largest absolute Gasteiger partial charge is 0.355 e. The average Bonchev–Trinajstić information content (AvgIpc) is 2.53. The molecule has 0 atom stereocenters. The van der Waals surface area contributed by atoms with E-state index in [0.29, 0.717) is 51.3 Å². The van der Waals surface area contributed by atoms with Crippen LogP contribution in [-0.2, 0) is 4.79 Å². The molecule has 1 saturated heterocycles. The minimum Gasteiger partial charge on any atom is -0.355 e. The van der Waals surface area contributed by atoms with E-state index in [-0.39, 0.29) is 11.5 Å². The van der Waals surface area contributed by atoms with Crippen LogP contribution in [0.3, 0.4) is 0 Å². The van der Waals surface area contributed by atoms with Gasteiger partial charge in [0.15, 0.2) is 0 Å². The van der Waals surface area contributed by atoms with E-state index in [2.05, 4.69) is 5.32 Å². The molecule has 2 rings (SSSR count). The highest BCUT2D eigenvalue weighted by atomic mass is 19.1. The molecule has 0 aromatic heterocycles. The van der Waals surface area contributed by atoms with Gasteiger partial charge in [0.05, 0.1) is 12.1 Å². The molecule has 1 heterocycles. The highest BCUT2D eigenvalue weighted by molar-refractivity contribution is 5.94. The summed E-state index contributed by atoms with van der Waals surface area (Å²) >= 11 is 0. The molecule has 24 heavy (non-hydrogen) atoms. The van der Waals surface area contributed by atoms with E-state index < -0.39 is 17.5 Å². The molecule has 1 aliphatic rings. The second kappa shape index (κ2) is 8.19. The van der Waals surface area contributed by atoms with Gasteiger partial charge >= 0.3 is 0 Å². The first-order valence-electron chi connectivity index (χ1n) is 8.10. The molecule has 1 aromatic carbocycles. The van der Waals surface area contributed by atoms with Crippen LogP contribution in [0.2, 0.25) is 0 Å². The second-order valence-corrected chi connectivity index (χ2v) is 6.39. The van der Waals surface area contributed by atoms with Gasteiger partial charge < -0.3 is 10.2 Å². The van der Waals surface area contributed by atoms with Gasteiger partial charge in [-0.2, -0.15) is 0 Å². The number of benzene rings is 1. The fourth-order valence-corrected chi connectivity index (χ4v) is 2.52. The van der Waals surface area contributed by atoms with Crippen LogP contribution in [0, 0.1) is 17.6 Å². The highest BCUT2D eigenvalue weighted by Gasteiger charge is 2.25. The number of piperazine rings is 1. The van der Waals surface area contributed by atoms with Crippen molar-refractivity contribution in [2.24, 2.45) is 5.92 Å². The summed E-state index contributed by atoms with van der Waals surface area (Å²) in [6.45, 7) is 6.90. The zero-order valence-corrected chi connectivity index (χ0v) is 14.0. The molecule has 0 aliphatic carbocycles. The van der Waals surface area contributed by atoms with Gasteiger partial charge in [-0.1, -0.05) is 13.8 Å². The number of nitrogens with one attached hydrogen (secondary N) is 1. The zero-order chi connectivity index (χ0) is 17.7. The number of rotatable bonds is 5. The van der Waals surface area contributed by atoms with Crippen molar-refractivity contribution < 1.29 is 18.4 Å². The Balaban J connectivity index is 1.84. The molecule has 132 valence electrons. The molecule has 0 saturated carbocycles. The highest BCUT2D eigenvalue weighted by Crippen LogP contribution is 2.14. The molecule has 0 radical (unpaired) electrons. The maximum absolute atomic E-state index is 13.7. The number of carbonyl (C=O) groups is 2. The van der Waals surface area contributed by atoms with E-state index in [0.717, 1.165) is 6.07 Å². The average molecular weight is 339 g/mol. The lowest BCUT2D eigenvalue weighted by molar-refractivity contribution is -0.122. The van der Waals surface area contributed by atoms with Gasteiger partial charge in [0, 0.05) is 38.8 Å². The molecule has 2 amide bonds. The molecule has 7 heteroatoms. The zero-order valence-electron chi connectivity index (χ0n) is 14.0. The lowest BCUT2D eigenvalue weighted by atomic mass is 10.1. The Morgan fingerprint density at radius 1 is 1.17 bits per heavy atom. The van der Waals surface area contributed by atoms with Crippen molar-refractivity contribution in [3.63, 3.8) is 0 Å². The van der Waals surface area contributed by atoms with Crippen LogP contribution in [0.25, 0.3) is 0 Å². The lowest BCUT2D eigenvalue weighted by Crippen LogP contribution is -2.51. The van der Waals surface area contributed by atoms with Crippen LogP contribution >= 0.6 is 0 Å². The summed E-state index contributed by atoms with van der Waals surface area (Å²) in [6.07, 6.45) is 0. The maximum atomic E-state index is 13.7. The van der Waals surface area contributed by atoms with Crippen LogP contribution in [0.15, 0.2) is 18.2 Å². The van der Waals surface area contributed by atoms with E-state index in [9.17, 15) is 18.4 Å². The van der Waals surface area contributed by atoms with Gasteiger partial charge in [0.25, 0.3) is 5.91 Å². The van der Waals surface area contributed by atoms with Crippen LogP contribution in [0.4, 0.5) is 8.78 Å². The van der Waals surface area contributed by atoms with E-state index in [1.807, 2.05) is 18.7 Å². The third kappa shape index (κ3) is 4.99. The van der Waals surface area contributed by atoms with Gasteiger partial charge in [-0.05, 0) is 18.1 Å². The van der Waals surface area contributed by atoms with E-state index in [1.54, 1.807) is 0 Å². The van der Waals surface area contributed by atoms with Crippen molar-refractivity contribution >= 4 is 11.8 Å². The Morgan fingerprint density at radius 2 is 1.83 bits per heavy atom. The van der Waals surface area contributed by atoms with Crippen LogP contribution in [0.5, 0.6) is 0 Å². The van der Waals surface area contributed by atoms with Gasteiger partial charge in [0.2, 0.25) is 5.91 Å². The Morgan fingerprint density at radius 3 is 2.42 bits per heavy atom. The Labute approximate surface area is 140 Å². The first-order valence-corrected chi connectivity index (χ1v) is 8.10. The van der Waals surface area contributed by atoms with Gasteiger partial charge in [-0.25, -0.2) is 8.78 Å². The topological polar surface area (TPSA) is 52.7 Å². The normalized spacial score (nSPS) is 15.6. The number of amides is 2. The van der Waals surface area contributed by atoms with Crippen molar-refractivity contribution in [3.05, 3.63) is 35.4 Å². The van der Waals surface area contributed by atoms with E-state index in [4.69, 9.17) is 0 Å². The monoisotopic (exact) mass is 339 g/mol. The van der Waals surface area contributed by atoms with E-state index >= 15 is 0 Å². The first-order chi connectivity index (χ1) is 11.4. The predicted molar refractivity (Wildman–Crippen MR) is 86.5 cm³/mol. The molecule has 1 aromatic rings. The Kier molecular flexibility index (Phi) is 6.25. The molecule has 1 aliphatic heterocycles. The van der Waals surface area contributed by atoms with Crippen LogP contribution < -0.4 is 5.32 Å². The fourth-order valence-electron chi connectivity index (χ4n) is 2.52. The minimum atomic E-state index is -0.851. The lowest BCUT2D eigenvalue weighted by Gasteiger charge is -2.34. The fraction of sp³-hybridized carbons (Fsp3) is 0.529. The number of carbonyl (C=O) groups excluding carboxylic acids is 2. The second-order valence-electron chi connectivity index (χ2n) is 6.39. The maximum Gasteiger partial charge on any atom is 0.256 e. The third-order valence-corrected chi connectivity index (χ3v) is 3.90. The summed E-state index contributed by atoms with van der Waals surface area (Å²) in [7, 11) is 0. The van der Waals surface area contributed by atoms with Crippen LogP contribution in [-0.4, -0.2) is 60.9 Å². The first kappa shape index (κ1) is 18.3. The summed E-state index contributed by atoms with van der Waals surface area (Å²) in [5, 5.41) is 2.86. The van der Waals surface area contributed by atoms with Crippen molar-refractivity contribution in [3.8, 4) is 0 Å². The molecule has 0 unspecified atom stereocenters. The molecule has 1 fully saturated rings. The number of nitrogens with zero attached hydrogens (tertiary/aromatic N) is 2. The van der Waals surface area contributed by atoms with Crippen molar-refractivity contribution in [1.29, 1.82) is 0 Å². The molecule has 0 bridgehead atoms. The van der Waals surface area contributed by atoms with Crippen molar-refractivity contribution in [1.82, 2.24) is 15.1 Å². The van der Waals surface area contributed by atoms with Gasteiger partial charge in [-0.3, -0.25) is 14.5 Å². The SMILES string of the molecule is CC(C)CNC(=O)CN1CCN(C(=O)c2ccc(F)cc2F)CC1. The Hall–Kier alpha value is -2.02. The quantitative estimate of drug-likeness (QED) is 0.884. The third-order valence-electron chi connectivity index (χ3n) is 3.90. The van der Waals surface area contributed by atoms with E-state index in [1.165, 1.54) is 11.0 Å². The van der Waals surface area contributed by atoms with Gasteiger partial charge in [0.1, 0.15) is 11.6 Å². The summed E-state index contributed by atoms with van der Waals surface area (Å²) in [5.74, 6) is -1.64. The standard InChI is InChI=1S/C17H23F2N3O2/c1-12(2)10-20-16(23)11-21-5-7-22(8-6-21)17(24)14-4-3-13(18)9-15(14)19/h3-4,9,12H,5-8,10-11H2,1-2H3,(H,20,23). The van der Waals surface area contributed by atoms with Crippen molar-refractivity contribution in [2.45, 2.75) is 13.8 Å². The number of halogens is 2. The summed E-state index contributed by atoms with van der Waals surface area (Å²) in [5.41, 5.74) is -0.125.